The third-order valence-electron chi connectivity index (χ3n) is 3.05. The van der Waals surface area contributed by atoms with E-state index in [0.717, 1.165) is 11.3 Å². The van der Waals surface area contributed by atoms with E-state index in [1.54, 1.807) is 32.2 Å². The zero-order chi connectivity index (χ0) is 17.5. The van der Waals surface area contributed by atoms with Crippen molar-refractivity contribution in [1.29, 1.82) is 5.26 Å². The normalized spacial score (nSPS) is 12.5. The smallest absolute Gasteiger partial charge is 0.351 e. The summed E-state index contributed by atoms with van der Waals surface area (Å²) in [7, 11) is 0. The van der Waals surface area contributed by atoms with Gasteiger partial charge in [0.05, 0.1) is 6.61 Å². The molecular formula is C16H16N4O3S. The lowest BCUT2D eigenvalue weighted by molar-refractivity contribution is -0.136. The van der Waals surface area contributed by atoms with E-state index in [2.05, 4.69) is 10.3 Å². The number of esters is 1. The lowest BCUT2D eigenvalue weighted by Gasteiger charge is -2.00. The summed E-state index contributed by atoms with van der Waals surface area (Å²) in [5.74, 6) is -0.141. The summed E-state index contributed by atoms with van der Waals surface area (Å²) >= 11 is 1.06. The van der Waals surface area contributed by atoms with Gasteiger partial charge < -0.3 is 10.1 Å². The average molecular weight is 344 g/mol. The Hall–Kier alpha value is -2.92. The number of hydrogen-bond donors (Lipinski definition) is 1. The van der Waals surface area contributed by atoms with Crippen molar-refractivity contribution >= 4 is 34.9 Å². The van der Waals surface area contributed by atoms with Crippen LogP contribution in [0.15, 0.2) is 29.2 Å². The van der Waals surface area contributed by atoms with Gasteiger partial charge in [-0.1, -0.05) is 6.07 Å². The number of hydrogen-bond acceptors (Lipinski definition) is 7. The van der Waals surface area contributed by atoms with E-state index in [9.17, 15) is 14.9 Å². The molecule has 0 spiro atoms. The number of ether oxygens (including phenoxy) is 1. The summed E-state index contributed by atoms with van der Waals surface area (Å²) < 4.78 is 6.92. The summed E-state index contributed by atoms with van der Waals surface area (Å²) in [4.78, 5) is 28.5. The largest absolute Gasteiger partial charge is 0.462 e. The van der Waals surface area contributed by atoms with Crippen LogP contribution in [0.5, 0.6) is 0 Å². The van der Waals surface area contributed by atoms with Crippen LogP contribution in [-0.2, 0) is 16.1 Å². The first-order valence-electron chi connectivity index (χ1n) is 7.31. The molecule has 7 nitrogen and oxygen atoms in total. The Balaban J connectivity index is 2.58. The molecule has 0 aliphatic rings. The van der Waals surface area contributed by atoms with Gasteiger partial charge in [0, 0.05) is 18.9 Å². The second-order valence-electron chi connectivity index (χ2n) is 4.53. The first-order chi connectivity index (χ1) is 11.6. The highest BCUT2D eigenvalue weighted by molar-refractivity contribution is 7.07. The maximum atomic E-state index is 12.4. The Labute approximate surface area is 142 Å². The minimum Gasteiger partial charge on any atom is -0.462 e. The lowest BCUT2D eigenvalue weighted by atomic mass is 10.3. The molecule has 8 heteroatoms. The van der Waals surface area contributed by atoms with Crippen LogP contribution in [0.2, 0.25) is 0 Å². The zero-order valence-corrected chi connectivity index (χ0v) is 14.1. The Morgan fingerprint density at radius 2 is 2.29 bits per heavy atom. The van der Waals surface area contributed by atoms with Gasteiger partial charge in [0.15, 0.2) is 5.57 Å². The van der Waals surface area contributed by atoms with Gasteiger partial charge in [0.2, 0.25) is 0 Å². The SMILES string of the molecule is CCOC(=O)C(C#N)=c1sc(=CNc2ccccn2)c(=O)n1CC. The van der Waals surface area contributed by atoms with Crippen LogP contribution < -0.4 is 20.1 Å². The van der Waals surface area contributed by atoms with Crippen LogP contribution in [-0.4, -0.2) is 22.1 Å². The van der Waals surface area contributed by atoms with E-state index in [-0.39, 0.29) is 22.4 Å². The Bertz CT molecular complexity index is 938. The van der Waals surface area contributed by atoms with Crippen LogP contribution in [0.1, 0.15) is 13.8 Å². The van der Waals surface area contributed by atoms with Crippen LogP contribution in [0.4, 0.5) is 5.82 Å². The first-order valence-corrected chi connectivity index (χ1v) is 8.12. The molecule has 1 N–H and O–H groups in total. The first kappa shape index (κ1) is 17.4. The quantitative estimate of drug-likeness (QED) is 0.789. The van der Waals surface area contributed by atoms with Crippen molar-refractivity contribution in [1.82, 2.24) is 9.55 Å². The molecule has 0 radical (unpaired) electrons. The van der Waals surface area contributed by atoms with Crippen molar-refractivity contribution in [3.05, 3.63) is 43.9 Å². The van der Waals surface area contributed by atoms with E-state index >= 15 is 0 Å². The van der Waals surface area contributed by atoms with E-state index in [1.807, 2.05) is 12.1 Å². The molecule has 0 aliphatic carbocycles. The third-order valence-corrected chi connectivity index (χ3v) is 4.18. The summed E-state index contributed by atoms with van der Waals surface area (Å²) in [5, 5.41) is 12.2. The van der Waals surface area contributed by atoms with Crippen molar-refractivity contribution in [3.8, 4) is 6.07 Å². The van der Waals surface area contributed by atoms with Gasteiger partial charge >= 0.3 is 5.97 Å². The maximum absolute atomic E-state index is 12.4. The summed E-state index contributed by atoms with van der Waals surface area (Å²) in [6, 6.07) is 7.20. The van der Waals surface area contributed by atoms with Crippen molar-refractivity contribution in [3.63, 3.8) is 0 Å². The number of nitriles is 1. The third kappa shape index (κ3) is 3.70. The maximum Gasteiger partial charge on any atom is 0.351 e. The number of anilines is 1. The highest BCUT2D eigenvalue weighted by Gasteiger charge is 2.16. The van der Waals surface area contributed by atoms with Crippen LogP contribution in [0.25, 0.3) is 11.8 Å². The summed E-state index contributed by atoms with van der Waals surface area (Å²) in [6.07, 6.45) is 3.15. The predicted octanol–water partition coefficient (Wildman–Crippen LogP) is 0.412. The molecule has 0 atom stereocenters. The highest BCUT2D eigenvalue weighted by atomic mass is 32.1. The van der Waals surface area contributed by atoms with Gasteiger partial charge in [-0.3, -0.25) is 9.36 Å². The molecule has 2 aromatic heterocycles. The molecule has 0 unspecified atom stereocenters. The molecular weight excluding hydrogens is 328 g/mol. The number of thiazole rings is 1. The fourth-order valence-electron chi connectivity index (χ4n) is 1.96. The fourth-order valence-corrected chi connectivity index (χ4v) is 3.04. The van der Waals surface area contributed by atoms with E-state index in [4.69, 9.17) is 4.74 Å². The molecule has 124 valence electrons. The Morgan fingerprint density at radius 3 is 2.88 bits per heavy atom. The van der Waals surface area contributed by atoms with Gasteiger partial charge in [-0.2, -0.15) is 5.26 Å². The number of pyridine rings is 1. The van der Waals surface area contributed by atoms with Crippen molar-refractivity contribution < 1.29 is 9.53 Å². The van der Waals surface area contributed by atoms with Gasteiger partial charge in [0.1, 0.15) is 21.1 Å². The minimum atomic E-state index is -0.729. The number of nitrogens with zero attached hydrogens (tertiary/aromatic N) is 3. The van der Waals surface area contributed by atoms with E-state index < -0.39 is 5.97 Å². The minimum absolute atomic E-state index is 0.159. The molecule has 0 aliphatic heterocycles. The van der Waals surface area contributed by atoms with E-state index in [0.29, 0.717) is 16.9 Å². The standard InChI is InChI=1S/C16H16N4O3S/c1-3-20-14(21)12(10-19-13-7-5-6-8-18-13)24-15(20)11(9-17)16(22)23-4-2/h5-8,10H,3-4H2,1-2H3,(H,18,19). The Kier molecular flexibility index (Phi) is 5.87. The van der Waals surface area contributed by atoms with Crippen molar-refractivity contribution in [2.24, 2.45) is 0 Å². The second kappa shape index (κ2) is 8.08. The molecule has 0 fully saturated rings. The number of carbonyl (C=O) groups excluding carboxylic acids is 1. The average Bonchev–Trinajstić information content (AvgIpc) is 2.90. The molecule has 2 rings (SSSR count). The Morgan fingerprint density at radius 1 is 1.50 bits per heavy atom. The van der Waals surface area contributed by atoms with Crippen LogP contribution >= 0.6 is 11.3 Å². The summed E-state index contributed by atoms with van der Waals surface area (Å²) in [6.45, 7) is 3.93. The van der Waals surface area contributed by atoms with Gasteiger partial charge in [-0.15, -0.1) is 11.3 Å². The van der Waals surface area contributed by atoms with Gasteiger partial charge in [-0.25, -0.2) is 9.78 Å². The number of aromatic nitrogens is 2. The van der Waals surface area contributed by atoms with E-state index in [1.165, 1.54) is 10.8 Å². The molecule has 0 bridgehead atoms. The molecule has 0 saturated heterocycles. The van der Waals surface area contributed by atoms with Gasteiger partial charge in [-0.05, 0) is 26.0 Å². The van der Waals surface area contributed by atoms with Gasteiger partial charge in [0.25, 0.3) is 5.56 Å². The molecule has 0 aromatic carbocycles. The zero-order valence-electron chi connectivity index (χ0n) is 13.3. The highest BCUT2D eigenvalue weighted by Crippen LogP contribution is 1.99. The lowest BCUT2D eigenvalue weighted by Crippen LogP contribution is -2.32. The molecule has 0 saturated carbocycles. The molecule has 0 amide bonds. The molecule has 24 heavy (non-hydrogen) atoms. The van der Waals surface area contributed by atoms with Crippen molar-refractivity contribution in [2.75, 3.05) is 11.9 Å². The topological polar surface area (TPSA) is 97.0 Å². The monoisotopic (exact) mass is 344 g/mol. The summed E-state index contributed by atoms with van der Waals surface area (Å²) in [5.41, 5.74) is -0.448. The predicted molar refractivity (Wildman–Crippen MR) is 91.5 cm³/mol. The second-order valence-corrected chi connectivity index (χ2v) is 5.56. The number of nitrogens with one attached hydrogen (secondary N) is 1. The molecule has 2 heterocycles. The van der Waals surface area contributed by atoms with Crippen molar-refractivity contribution in [2.45, 2.75) is 20.4 Å². The molecule has 2 aromatic rings. The fraction of sp³-hybridized carbons (Fsp3) is 0.250. The number of rotatable bonds is 5. The van der Waals surface area contributed by atoms with Crippen LogP contribution in [0, 0.1) is 11.3 Å². The number of carbonyl (C=O) groups is 1. The van der Waals surface area contributed by atoms with Crippen LogP contribution in [0.3, 0.4) is 0 Å².